The first-order valence-corrected chi connectivity index (χ1v) is 13.8. The van der Waals surface area contributed by atoms with Gasteiger partial charge in [-0.15, -0.1) is 0 Å². The smallest absolute Gasteiger partial charge is 0.412 e. The Kier molecular flexibility index (Phi) is 8.51. The predicted molar refractivity (Wildman–Crippen MR) is 157 cm³/mol. The first-order valence-electron chi connectivity index (χ1n) is 13.8. The van der Waals surface area contributed by atoms with E-state index in [1.807, 2.05) is 0 Å². The lowest BCUT2D eigenvalue weighted by Gasteiger charge is -2.19. The summed E-state index contributed by atoms with van der Waals surface area (Å²) in [6, 6.07) is 11.6. The number of aliphatic carboxylic acids is 1. The number of hydrogen-bond acceptors (Lipinski definition) is 10. The number of rotatable bonds is 9. The summed E-state index contributed by atoms with van der Waals surface area (Å²) in [5, 5.41) is 19.3. The molecule has 3 N–H and O–H groups in total. The zero-order valence-corrected chi connectivity index (χ0v) is 24.0. The zero-order valence-electron chi connectivity index (χ0n) is 24.0. The molecule has 1 saturated heterocycles. The SMILES string of the molecule is CC(C)(C)OC(=O)Nc1ccc(-c2nc(-c3ccc(CC(Nc4ccnc(N5CCCC5)n4)C(=O)O)cc3F)no2)cc1. The third-order valence-electron chi connectivity index (χ3n) is 6.57. The Morgan fingerprint density at radius 3 is 2.51 bits per heavy atom. The van der Waals surface area contributed by atoms with E-state index in [1.54, 1.807) is 63.4 Å². The van der Waals surface area contributed by atoms with Crippen LogP contribution in [0.4, 0.5) is 26.6 Å². The molecule has 1 atom stereocenters. The first kappa shape index (κ1) is 29.4. The van der Waals surface area contributed by atoms with Crippen molar-refractivity contribution in [1.29, 1.82) is 0 Å². The van der Waals surface area contributed by atoms with Gasteiger partial charge in [-0.1, -0.05) is 11.2 Å². The highest BCUT2D eigenvalue weighted by molar-refractivity contribution is 5.85. The van der Waals surface area contributed by atoms with E-state index in [-0.39, 0.29) is 23.7 Å². The number of carboxylic acids is 1. The van der Waals surface area contributed by atoms with Crippen LogP contribution in [0, 0.1) is 5.82 Å². The van der Waals surface area contributed by atoms with Crippen LogP contribution in [0.25, 0.3) is 22.8 Å². The number of hydrogen-bond donors (Lipinski definition) is 3. The molecule has 224 valence electrons. The van der Waals surface area contributed by atoms with Crippen molar-refractivity contribution in [3.05, 3.63) is 66.1 Å². The molecule has 0 bridgehead atoms. The average Bonchev–Trinajstić information content (AvgIpc) is 3.66. The molecule has 5 rings (SSSR count). The second kappa shape index (κ2) is 12.4. The van der Waals surface area contributed by atoms with Crippen LogP contribution in [0.3, 0.4) is 0 Å². The van der Waals surface area contributed by atoms with E-state index in [0.717, 1.165) is 25.9 Å². The summed E-state index contributed by atoms with van der Waals surface area (Å²) in [5.41, 5.74) is 1.03. The van der Waals surface area contributed by atoms with Gasteiger partial charge in [-0.25, -0.2) is 19.0 Å². The van der Waals surface area contributed by atoms with Crippen molar-refractivity contribution in [3.8, 4) is 22.8 Å². The maximum atomic E-state index is 15.2. The third-order valence-corrected chi connectivity index (χ3v) is 6.57. The van der Waals surface area contributed by atoms with Gasteiger partial charge in [0.2, 0.25) is 11.8 Å². The molecule has 1 unspecified atom stereocenters. The first-order chi connectivity index (χ1) is 20.5. The van der Waals surface area contributed by atoms with E-state index < -0.39 is 29.5 Å². The molecule has 2 aromatic heterocycles. The molecule has 1 aliphatic heterocycles. The minimum atomic E-state index is -1.10. The van der Waals surface area contributed by atoms with Gasteiger partial charge in [0.15, 0.2) is 0 Å². The monoisotopic (exact) mass is 589 g/mol. The fourth-order valence-electron chi connectivity index (χ4n) is 4.55. The fraction of sp³-hybridized carbons (Fsp3) is 0.333. The number of carbonyl (C=O) groups excluding carboxylic acids is 1. The quantitative estimate of drug-likeness (QED) is 0.230. The number of ether oxygens (including phenoxy) is 1. The summed E-state index contributed by atoms with van der Waals surface area (Å²) >= 11 is 0. The van der Waals surface area contributed by atoms with E-state index in [9.17, 15) is 14.7 Å². The predicted octanol–water partition coefficient (Wildman–Crippen LogP) is 5.39. The molecule has 2 aromatic carbocycles. The highest BCUT2D eigenvalue weighted by atomic mass is 19.1. The molecule has 43 heavy (non-hydrogen) atoms. The van der Waals surface area contributed by atoms with Crippen molar-refractivity contribution in [3.63, 3.8) is 0 Å². The number of carbonyl (C=O) groups is 2. The zero-order chi connectivity index (χ0) is 30.6. The highest BCUT2D eigenvalue weighted by Crippen LogP contribution is 2.27. The van der Waals surface area contributed by atoms with Crippen LogP contribution in [0.5, 0.6) is 0 Å². The van der Waals surface area contributed by atoms with Gasteiger partial charge in [-0.05, 0) is 81.6 Å². The van der Waals surface area contributed by atoms with Crippen molar-refractivity contribution in [2.45, 2.75) is 51.7 Å². The van der Waals surface area contributed by atoms with Gasteiger partial charge in [-0.3, -0.25) is 5.32 Å². The summed E-state index contributed by atoms with van der Waals surface area (Å²) in [6.07, 6.45) is 3.15. The Hall–Kier alpha value is -5.07. The van der Waals surface area contributed by atoms with Gasteiger partial charge in [0.1, 0.15) is 23.3 Å². The van der Waals surface area contributed by atoms with Gasteiger partial charge >= 0.3 is 12.1 Å². The number of aromatic nitrogens is 4. The van der Waals surface area contributed by atoms with Gasteiger partial charge in [-0.2, -0.15) is 9.97 Å². The number of amides is 1. The van der Waals surface area contributed by atoms with E-state index in [0.29, 0.717) is 28.6 Å². The Labute approximate surface area is 247 Å². The Morgan fingerprint density at radius 1 is 1.09 bits per heavy atom. The van der Waals surface area contributed by atoms with Crippen LogP contribution in [0.1, 0.15) is 39.2 Å². The molecule has 4 aromatic rings. The molecule has 0 saturated carbocycles. The van der Waals surface area contributed by atoms with Crippen molar-refractivity contribution in [2.75, 3.05) is 28.6 Å². The lowest BCUT2D eigenvalue weighted by atomic mass is 10.0. The topological polar surface area (TPSA) is 156 Å². The second-order valence-corrected chi connectivity index (χ2v) is 11.1. The van der Waals surface area contributed by atoms with Crippen molar-refractivity contribution < 1.29 is 28.3 Å². The highest BCUT2D eigenvalue weighted by Gasteiger charge is 2.22. The Bertz CT molecular complexity index is 1600. The summed E-state index contributed by atoms with van der Waals surface area (Å²) in [4.78, 5) is 39.1. The van der Waals surface area contributed by atoms with Crippen molar-refractivity contribution in [1.82, 2.24) is 20.1 Å². The van der Waals surface area contributed by atoms with Crippen LogP contribution in [-0.2, 0) is 16.0 Å². The van der Waals surface area contributed by atoms with E-state index in [1.165, 1.54) is 12.1 Å². The number of carboxylic acid groups (broad SMARTS) is 1. The van der Waals surface area contributed by atoms with Crippen molar-refractivity contribution in [2.24, 2.45) is 0 Å². The minimum Gasteiger partial charge on any atom is -0.480 e. The van der Waals surface area contributed by atoms with Crippen LogP contribution < -0.4 is 15.5 Å². The number of halogens is 1. The Morgan fingerprint density at radius 2 is 1.84 bits per heavy atom. The van der Waals surface area contributed by atoms with Crippen LogP contribution in [0.15, 0.2) is 59.3 Å². The maximum absolute atomic E-state index is 15.2. The van der Waals surface area contributed by atoms with Crippen LogP contribution >= 0.6 is 0 Å². The summed E-state index contributed by atoms with van der Waals surface area (Å²) in [5.74, 6) is -0.580. The average molecular weight is 590 g/mol. The minimum absolute atomic E-state index is 0.0107. The summed E-state index contributed by atoms with van der Waals surface area (Å²) in [7, 11) is 0. The van der Waals surface area contributed by atoms with Crippen LogP contribution in [0.2, 0.25) is 0 Å². The van der Waals surface area contributed by atoms with Crippen molar-refractivity contribution >= 4 is 29.5 Å². The molecule has 13 heteroatoms. The third kappa shape index (κ3) is 7.61. The normalized spacial score (nSPS) is 13.9. The van der Waals surface area contributed by atoms with E-state index in [4.69, 9.17) is 9.26 Å². The number of benzene rings is 2. The number of anilines is 3. The standard InChI is InChI=1S/C30H32FN7O5/c1-30(2,3)42-29(41)33-20-9-7-19(8-10-20)26-36-25(37-43-26)21-11-6-18(16-22(21)31)17-23(27(39)40)34-24-12-13-32-28(35-24)38-14-4-5-15-38/h6-13,16,23H,4-5,14-15,17H2,1-3H3,(H,33,41)(H,39,40)(H,32,34,35). The largest absolute Gasteiger partial charge is 0.480 e. The van der Waals surface area contributed by atoms with E-state index >= 15 is 4.39 Å². The van der Waals surface area contributed by atoms with Gasteiger partial charge in [0, 0.05) is 37.0 Å². The van der Waals surface area contributed by atoms with E-state index in [2.05, 4.69) is 35.6 Å². The van der Waals surface area contributed by atoms with Gasteiger partial charge < -0.3 is 24.6 Å². The lowest BCUT2D eigenvalue weighted by Crippen LogP contribution is -2.32. The number of nitrogens with zero attached hydrogens (tertiary/aromatic N) is 5. The fourth-order valence-corrected chi connectivity index (χ4v) is 4.55. The summed E-state index contributed by atoms with van der Waals surface area (Å²) in [6.45, 7) is 7.04. The Balaban J connectivity index is 1.24. The molecular formula is C30H32FN7O5. The molecule has 0 aliphatic carbocycles. The second-order valence-electron chi connectivity index (χ2n) is 11.1. The molecule has 1 amide bonds. The molecule has 1 fully saturated rings. The maximum Gasteiger partial charge on any atom is 0.412 e. The molecule has 1 aliphatic rings. The lowest BCUT2D eigenvalue weighted by molar-refractivity contribution is -0.137. The number of nitrogens with one attached hydrogen (secondary N) is 2. The molecule has 12 nitrogen and oxygen atoms in total. The van der Waals surface area contributed by atoms with Gasteiger partial charge in [0.05, 0.1) is 5.56 Å². The van der Waals surface area contributed by atoms with Crippen LogP contribution in [-0.4, -0.2) is 62.0 Å². The van der Waals surface area contributed by atoms with Gasteiger partial charge in [0.25, 0.3) is 5.89 Å². The molecule has 3 heterocycles. The molecule has 0 radical (unpaired) electrons. The summed E-state index contributed by atoms with van der Waals surface area (Å²) < 4.78 is 25.8. The molecular weight excluding hydrogens is 557 g/mol. The molecule has 0 spiro atoms.